The van der Waals surface area contributed by atoms with Gasteiger partial charge in [0, 0.05) is 13.1 Å². The molecular weight excluding hydrogens is 254 g/mol. The lowest BCUT2D eigenvalue weighted by atomic mass is 10.0. The molecule has 0 spiro atoms. The summed E-state index contributed by atoms with van der Waals surface area (Å²) < 4.78 is 5.69. The molecule has 0 amide bonds. The van der Waals surface area contributed by atoms with Crippen molar-refractivity contribution in [2.45, 2.75) is 45.8 Å². The van der Waals surface area contributed by atoms with Crippen LogP contribution in [-0.2, 0) is 0 Å². The normalized spacial score (nSPS) is 15.7. The van der Waals surface area contributed by atoms with Gasteiger partial charge in [-0.3, -0.25) is 0 Å². The van der Waals surface area contributed by atoms with Gasteiger partial charge < -0.3 is 20.3 Å². The van der Waals surface area contributed by atoms with Gasteiger partial charge in [-0.25, -0.2) is 0 Å². The van der Waals surface area contributed by atoms with Crippen molar-refractivity contribution in [1.82, 2.24) is 5.32 Å². The number of nitrogens with one attached hydrogen (secondary N) is 1. The largest absolute Gasteiger partial charge is 0.490 e. The first-order valence-corrected chi connectivity index (χ1v) is 7.16. The highest BCUT2D eigenvalue weighted by atomic mass is 16.5. The van der Waals surface area contributed by atoms with Crippen LogP contribution in [0, 0.1) is 13.8 Å². The number of hydrogen-bond acceptors (Lipinski definition) is 4. The second kappa shape index (κ2) is 7.62. The monoisotopic (exact) mass is 281 g/mol. The molecule has 1 rings (SSSR count). The molecular formula is C16H27NO3. The molecule has 0 radical (unpaired) electrons. The van der Waals surface area contributed by atoms with E-state index < -0.39 is 11.7 Å². The van der Waals surface area contributed by atoms with E-state index in [9.17, 15) is 10.2 Å². The van der Waals surface area contributed by atoms with Crippen LogP contribution in [0.2, 0.25) is 0 Å². The Balaban J connectivity index is 2.35. The second-order valence-electron chi connectivity index (χ2n) is 5.67. The second-order valence-corrected chi connectivity index (χ2v) is 5.67. The Morgan fingerprint density at radius 2 is 1.90 bits per heavy atom. The molecule has 4 heteroatoms. The van der Waals surface area contributed by atoms with Gasteiger partial charge in [0.1, 0.15) is 18.5 Å². The van der Waals surface area contributed by atoms with Crippen LogP contribution < -0.4 is 10.1 Å². The van der Waals surface area contributed by atoms with Crippen LogP contribution >= 0.6 is 0 Å². The molecule has 4 nitrogen and oxygen atoms in total. The molecule has 0 aliphatic heterocycles. The minimum Gasteiger partial charge on any atom is -0.490 e. The number of ether oxygens (including phenoxy) is 1. The van der Waals surface area contributed by atoms with E-state index in [0.29, 0.717) is 19.5 Å². The van der Waals surface area contributed by atoms with Gasteiger partial charge in [-0.05, 0) is 38.3 Å². The zero-order chi connectivity index (χ0) is 15.2. The topological polar surface area (TPSA) is 61.7 Å². The number of aliphatic hydroxyl groups is 2. The zero-order valence-electron chi connectivity index (χ0n) is 12.9. The first-order chi connectivity index (χ1) is 9.35. The number of aliphatic hydroxyl groups excluding tert-OH is 1. The summed E-state index contributed by atoms with van der Waals surface area (Å²) in [5.74, 6) is 0.840. The molecule has 114 valence electrons. The van der Waals surface area contributed by atoms with Crippen molar-refractivity contribution in [3.05, 3.63) is 29.3 Å². The summed E-state index contributed by atoms with van der Waals surface area (Å²) in [6.07, 6.45) is 0.0799. The molecule has 1 aromatic rings. The minimum absolute atomic E-state index is 0.243. The maximum absolute atomic E-state index is 9.89. The Kier molecular flexibility index (Phi) is 6.46. The Bertz CT molecular complexity index is 398. The fraction of sp³-hybridized carbons (Fsp3) is 0.625. The molecule has 0 saturated heterocycles. The highest BCUT2D eigenvalue weighted by Crippen LogP contribution is 2.22. The third-order valence-corrected chi connectivity index (χ3v) is 3.48. The standard InChI is InChI=1S/C16H27NO3/c1-5-16(4,19)11-17-9-14(18)10-20-15-12(2)7-6-8-13(15)3/h6-8,14,17-19H,5,9-11H2,1-4H3. The van der Waals surface area contributed by atoms with Gasteiger partial charge in [-0.2, -0.15) is 0 Å². The Morgan fingerprint density at radius 3 is 2.45 bits per heavy atom. The fourth-order valence-corrected chi connectivity index (χ4v) is 1.90. The highest BCUT2D eigenvalue weighted by molar-refractivity contribution is 5.39. The van der Waals surface area contributed by atoms with Crippen molar-refractivity contribution in [3.8, 4) is 5.75 Å². The molecule has 2 atom stereocenters. The van der Waals surface area contributed by atoms with Gasteiger partial charge in [-0.15, -0.1) is 0 Å². The quantitative estimate of drug-likeness (QED) is 0.680. The molecule has 1 aromatic carbocycles. The van der Waals surface area contributed by atoms with Gasteiger partial charge in [0.25, 0.3) is 0 Å². The zero-order valence-corrected chi connectivity index (χ0v) is 12.9. The summed E-state index contributed by atoms with van der Waals surface area (Å²) in [6, 6.07) is 5.97. The molecule has 2 unspecified atom stereocenters. The third kappa shape index (κ3) is 5.49. The third-order valence-electron chi connectivity index (χ3n) is 3.48. The summed E-state index contributed by atoms with van der Waals surface area (Å²) in [6.45, 7) is 8.80. The summed E-state index contributed by atoms with van der Waals surface area (Å²) in [5.41, 5.74) is 1.41. The summed E-state index contributed by atoms with van der Waals surface area (Å²) >= 11 is 0. The van der Waals surface area contributed by atoms with Gasteiger partial charge in [-0.1, -0.05) is 25.1 Å². The van der Waals surface area contributed by atoms with Gasteiger partial charge in [0.15, 0.2) is 0 Å². The van der Waals surface area contributed by atoms with E-state index >= 15 is 0 Å². The fourth-order valence-electron chi connectivity index (χ4n) is 1.90. The first-order valence-electron chi connectivity index (χ1n) is 7.16. The predicted molar refractivity (Wildman–Crippen MR) is 81.2 cm³/mol. The smallest absolute Gasteiger partial charge is 0.125 e. The lowest BCUT2D eigenvalue weighted by molar-refractivity contribution is 0.0475. The number of para-hydroxylation sites is 1. The molecule has 0 saturated carbocycles. The molecule has 0 aromatic heterocycles. The van der Waals surface area contributed by atoms with E-state index in [0.717, 1.165) is 16.9 Å². The Hall–Kier alpha value is -1.10. The van der Waals surface area contributed by atoms with Crippen LogP contribution in [0.4, 0.5) is 0 Å². The van der Waals surface area contributed by atoms with Crippen LogP contribution in [0.25, 0.3) is 0 Å². The SMILES string of the molecule is CCC(C)(O)CNCC(O)COc1c(C)cccc1C. The lowest BCUT2D eigenvalue weighted by Gasteiger charge is -2.23. The average Bonchev–Trinajstić information content (AvgIpc) is 2.38. The van der Waals surface area contributed by atoms with Crippen molar-refractivity contribution in [2.24, 2.45) is 0 Å². The molecule has 0 bridgehead atoms. The molecule has 0 heterocycles. The maximum Gasteiger partial charge on any atom is 0.125 e. The van der Waals surface area contributed by atoms with Crippen molar-refractivity contribution in [3.63, 3.8) is 0 Å². The molecule has 0 fully saturated rings. The van der Waals surface area contributed by atoms with E-state index in [1.54, 1.807) is 6.92 Å². The first kappa shape index (κ1) is 17.0. The van der Waals surface area contributed by atoms with Gasteiger partial charge >= 0.3 is 0 Å². The summed E-state index contributed by atoms with van der Waals surface area (Å²) in [4.78, 5) is 0. The van der Waals surface area contributed by atoms with Crippen LogP contribution in [0.1, 0.15) is 31.4 Å². The average molecular weight is 281 g/mol. The van der Waals surface area contributed by atoms with Crippen LogP contribution in [0.15, 0.2) is 18.2 Å². The van der Waals surface area contributed by atoms with E-state index in [-0.39, 0.29) is 6.61 Å². The van der Waals surface area contributed by atoms with Crippen LogP contribution in [0.3, 0.4) is 0 Å². The van der Waals surface area contributed by atoms with E-state index in [1.807, 2.05) is 39.0 Å². The number of aryl methyl sites for hydroxylation is 2. The van der Waals surface area contributed by atoms with E-state index in [2.05, 4.69) is 5.32 Å². The van der Waals surface area contributed by atoms with E-state index in [1.165, 1.54) is 0 Å². The van der Waals surface area contributed by atoms with Crippen molar-refractivity contribution in [1.29, 1.82) is 0 Å². The van der Waals surface area contributed by atoms with E-state index in [4.69, 9.17) is 4.74 Å². The van der Waals surface area contributed by atoms with Crippen molar-refractivity contribution < 1.29 is 14.9 Å². The summed E-state index contributed by atoms with van der Waals surface area (Å²) in [5, 5.41) is 22.8. The summed E-state index contributed by atoms with van der Waals surface area (Å²) in [7, 11) is 0. The highest BCUT2D eigenvalue weighted by Gasteiger charge is 2.17. The van der Waals surface area contributed by atoms with Gasteiger partial charge in [0.2, 0.25) is 0 Å². The van der Waals surface area contributed by atoms with Crippen LogP contribution in [0.5, 0.6) is 5.75 Å². The van der Waals surface area contributed by atoms with Gasteiger partial charge in [0.05, 0.1) is 5.60 Å². The maximum atomic E-state index is 9.89. The predicted octanol–water partition coefficient (Wildman–Crippen LogP) is 1.79. The molecule has 0 aliphatic rings. The number of rotatable bonds is 8. The van der Waals surface area contributed by atoms with Crippen LogP contribution in [-0.4, -0.2) is 41.6 Å². The molecule has 20 heavy (non-hydrogen) atoms. The Labute approximate surface area is 121 Å². The minimum atomic E-state index is -0.729. The number of hydrogen-bond donors (Lipinski definition) is 3. The molecule has 3 N–H and O–H groups in total. The number of benzene rings is 1. The lowest BCUT2D eigenvalue weighted by Crippen LogP contribution is -2.41. The Morgan fingerprint density at radius 1 is 1.30 bits per heavy atom. The van der Waals surface area contributed by atoms with Crippen molar-refractivity contribution >= 4 is 0 Å². The molecule has 0 aliphatic carbocycles. The van der Waals surface area contributed by atoms with Crippen molar-refractivity contribution in [2.75, 3.05) is 19.7 Å².